The van der Waals surface area contributed by atoms with Crippen LogP contribution in [0, 0.1) is 18.3 Å². The van der Waals surface area contributed by atoms with Crippen molar-refractivity contribution in [2.75, 3.05) is 50.8 Å². The molecule has 1 unspecified atom stereocenters. The highest BCUT2D eigenvalue weighted by Gasteiger charge is 2.33. The van der Waals surface area contributed by atoms with E-state index in [4.69, 9.17) is 31.0 Å². The average Bonchev–Trinajstić information content (AvgIpc) is 3.47. The van der Waals surface area contributed by atoms with Crippen molar-refractivity contribution in [1.82, 2.24) is 29.8 Å². The molecule has 3 aromatic heterocycles. The van der Waals surface area contributed by atoms with E-state index in [2.05, 4.69) is 40.1 Å². The first-order valence-corrected chi connectivity index (χ1v) is 15.7. The Bertz CT molecular complexity index is 1710. The number of aryl methyl sites for hydroxylation is 1. The normalized spacial score (nSPS) is 18.5. The molecule has 1 atom stereocenters. The number of halogens is 1. The second kappa shape index (κ2) is 13.0. The SMILES string of the molecule is CCN1CCOC(COc2cc(-c3cnc(N4CCC(C)(NC(=O)c5c(C)cccc5Cl)CC4)cn3)c3c(C#N)cnn3c2)C1. The highest BCUT2D eigenvalue weighted by atomic mass is 35.5. The first-order valence-electron chi connectivity index (χ1n) is 15.3. The summed E-state index contributed by atoms with van der Waals surface area (Å²) in [6, 6.07) is 9.60. The van der Waals surface area contributed by atoms with E-state index in [-0.39, 0.29) is 17.6 Å². The number of anilines is 1. The molecule has 0 radical (unpaired) electrons. The fourth-order valence-electron chi connectivity index (χ4n) is 6.04. The third-order valence-corrected chi connectivity index (χ3v) is 9.10. The molecular weight excluding hydrogens is 592 g/mol. The number of nitrogens with one attached hydrogen (secondary N) is 1. The van der Waals surface area contributed by atoms with E-state index in [1.54, 1.807) is 35.4 Å². The van der Waals surface area contributed by atoms with Crippen molar-refractivity contribution in [3.63, 3.8) is 0 Å². The molecule has 2 saturated heterocycles. The maximum Gasteiger partial charge on any atom is 0.253 e. The fraction of sp³-hybridized carbons (Fsp3) is 0.424. The predicted molar refractivity (Wildman–Crippen MR) is 172 cm³/mol. The number of amides is 1. The molecule has 5 heterocycles. The number of pyridine rings is 1. The highest BCUT2D eigenvalue weighted by molar-refractivity contribution is 6.34. The van der Waals surface area contributed by atoms with Crippen LogP contribution in [0.2, 0.25) is 5.02 Å². The lowest BCUT2D eigenvalue weighted by molar-refractivity contribution is -0.0464. The van der Waals surface area contributed by atoms with Gasteiger partial charge in [-0.25, -0.2) is 9.50 Å². The van der Waals surface area contributed by atoms with Gasteiger partial charge >= 0.3 is 0 Å². The van der Waals surface area contributed by atoms with Crippen LogP contribution in [0.3, 0.4) is 0 Å². The van der Waals surface area contributed by atoms with Crippen LogP contribution in [0.1, 0.15) is 48.2 Å². The van der Waals surface area contributed by atoms with E-state index < -0.39 is 0 Å². The standard InChI is InChI=1S/C33H37ClN8O3/c1-4-40-12-13-44-25(19-40)21-45-24-14-26(31-23(15-35)16-38-42(31)20-24)28-17-37-29(18-36-28)41-10-8-33(3,9-11-41)39-32(43)30-22(2)6-5-7-27(30)34/h5-7,14,16-18,20,25H,4,8-13,19,21H2,1-3H3,(H,39,43). The zero-order chi connectivity index (χ0) is 31.6. The van der Waals surface area contributed by atoms with E-state index >= 15 is 0 Å². The second-order valence-electron chi connectivity index (χ2n) is 11.9. The van der Waals surface area contributed by atoms with Gasteiger partial charge in [-0.1, -0.05) is 30.7 Å². The monoisotopic (exact) mass is 628 g/mol. The van der Waals surface area contributed by atoms with Crippen molar-refractivity contribution in [3.05, 3.63) is 70.8 Å². The van der Waals surface area contributed by atoms with Crippen molar-refractivity contribution in [2.24, 2.45) is 0 Å². The van der Waals surface area contributed by atoms with E-state index in [1.165, 1.54) is 0 Å². The molecule has 6 rings (SSSR count). The summed E-state index contributed by atoms with van der Waals surface area (Å²) in [6.45, 7) is 11.3. The number of nitrogens with zero attached hydrogens (tertiary/aromatic N) is 7. The van der Waals surface area contributed by atoms with Crippen LogP contribution >= 0.6 is 11.6 Å². The number of ether oxygens (including phenoxy) is 2. The van der Waals surface area contributed by atoms with Crippen LogP contribution in [0.5, 0.6) is 5.75 Å². The molecule has 0 aliphatic carbocycles. The number of benzene rings is 1. The lowest BCUT2D eigenvalue weighted by Gasteiger charge is -2.40. The number of hydrogen-bond acceptors (Lipinski definition) is 9. The number of piperidine rings is 1. The Morgan fingerprint density at radius 2 is 2.04 bits per heavy atom. The number of aromatic nitrogens is 4. The summed E-state index contributed by atoms with van der Waals surface area (Å²) in [7, 11) is 0. The van der Waals surface area contributed by atoms with E-state index in [1.807, 2.05) is 25.1 Å². The van der Waals surface area contributed by atoms with Crippen molar-refractivity contribution < 1.29 is 14.3 Å². The lowest BCUT2D eigenvalue weighted by atomic mass is 9.89. The second-order valence-corrected chi connectivity index (χ2v) is 12.4. The first kappa shape index (κ1) is 30.8. The van der Waals surface area contributed by atoms with Crippen LogP contribution in [-0.4, -0.2) is 88.0 Å². The Balaban J connectivity index is 1.15. The molecular formula is C33H37ClN8O3. The Labute approximate surface area is 267 Å². The zero-order valence-corrected chi connectivity index (χ0v) is 26.5. The van der Waals surface area contributed by atoms with Crippen molar-refractivity contribution >= 4 is 28.8 Å². The number of carbonyl (C=O) groups excluding carboxylic acids is 1. The van der Waals surface area contributed by atoms with Crippen LogP contribution < -0.4 is 15.0 Å². The molecule has 0 spiro atoms. The summed E-state index contributed by atoms with van der Waals surface area (Å²) in [4.78, 5) is 27.1. The number of fused-ring (bicyclic) bond motifs is 1. The Morgan fingerprint density at radius 3 is 2.76 bits per heavy atom. The Morgan fingerprint density at radius 1 is 1.22 bits per heavy atom. The van der Waals surface area contributed by atoms with Gasteiger partial charge in [0.05, 0.1) is 58.8 Å². The van der Waals surface area contributed by atoms with Gasteiger partial charge in [-0.3, -0.25) is 14.7 Å². The van der Waals surface area contributed by atoms with Crippen LogP contribution in [0.15, 0.2) is 49.1 Å². The molecule has 0 bridgehead atoms. The van der Waals surface area contributed by atoms with Crippen LogP contribution in [0.4, 0.5) is 5.82 Å². The van der Waals surface area contributed by atoms with Gasteiger partial charge in [0.1, 0.15) is 30.3 Å². The smallest absolute Gasteiger partial charge is 0.253 e. The first-order chi connectivity index (χ1) is 21.8. The summed E-state index contributed by atoms with van der Waals surface area (Å²) in [5, 5.41) is 17.8. The number of carbonyl (C=O) groups is 1. The van der Waals surface area contributed by atoms with Gasteiger partial charge in [-0.15, -0.1) is 0 Å². The molecule has 2 fully saturated rings. The minimum absolute atomic E-state index is 0.0239. The van der Waals surface area contributed by atoms with Crippen molar-refractivity contribution in [2.45, 2.75) is 45.3 Å². The van der Waals surface area contributed by atoms with Gasteiger partial charge in [-0.05, 0) is 50.9 Å². The summed E-state index contributed by atoms with van der Waals surface area (Å²) in [6.07, 6.45) is 8.27. The fourth-order valence-corrected chi connectivity index (χ4v) is 6.35. The third-order valence-electron chi connectivity index (χ3n) is 8.78. The number of nitriles is 1. The summed E-state index contributed by atoms with van der Waals surface area (Å²) < 4.78 is 13.7. The number of rotatable bonds is 8. The molecule has 4 aromatic rings. The average molecular weight is 629 g/mol. The maximum absolute atomic E-state index is 13.1. The highest BCUT2D eigenvalue weighted by Crippen LogP contribution is 2.31. The van der Waals surface area contributed by atoms with Crippen LogP contribution in [-0.2, 0) is 4.74 Å². The number of hydrogen-bond donors (Lipinski definition) is 1. The summed E-state index contributed by atoms with van der Waals surface area (Å²) in [5.41, 5.74) is 3.43. The zero-order valence-electron chi connectivity index (χ0n) is 25.8. The minimum atomic E-state index is -0.369. The molecule has 1 aromatic carbocycles. The molecule has 2 aliphatic rings. The van der Waals surface area contributed by atoms with E-state index in [0.29, 0.717) is 65.0 Å². The molecule has 1 amide bonds. The summed E-state index contributed by atoms with van der Waals surface area (Å²) in [5.74, 6) is 1.21. The topological polar surface area (TPSA) is 121 Å². The molecule has 45 heavy (non-hydrogen) atoms. The van der Waals surface area contributed by atoms with Gasteiger partial charge in [0.25, 0.3) is 5.91 Å². The van der Waals surface area contributed by atoms with Gasteiger partial charge in [0.15, 0.2) is 0 Å². The van der Waals surface area contributed by atoms with Gasteiger partial charge in [0, 0.05) is 37.3 Å². The largest absolute Gasteiger partial charge is 0.489 e. The van der Waals surface area contributed by atoms with E-state index in [0.717, 1.165) is 43.9 Å². The lowest BCUT2D eigenvalue weighted by Crippen LogP contribution is -2.53. The molecule has 12 heteroatoms. The molecule has 1 N–H and O–H groups in total. The van der Waals surface area contributed by atoms with Crippen molar-refractivity contribution in [3.8, 4) is 23.1 Å². The molecule has 11 nitrogen and oxygen atoms in total. The number of likely N-dealkylation sites (N-methyl/N-ethyl adjacent to an activating group) is 1. The quantitative estimate of drug-likeness (QED) is 0.300. The minimum Gasteiger partial charge on any atom is -0.489 e. The molecule has 234 valence electrons. The molecule has 2 aliphatic heterocycles. The van der Waals surface area contributed by atoms with Crippen LogP contribution in [0.25, 0.3) is 16.8 Å². The number of morpholine rings is 1. The van der Waals surface area contributed by atoms with Gasteiger partial charge in [-0.2, -0.15) is 10.4 Å². The van der Waals surface area contributed by atoms with Crippen molar-refractivity contribution in [1.29, 1.82) is 5.26 Å². The third kappa shape index (κ3) is 6.59. The van der Waals surface area contributed by atoms with Gasteiger partial charge < -0.3 is 19.7 Å². The van der Waals surface area contributed by atoms with E-state index in [9.17, 15) is 10.1 Å². The Hall–Kier alpha value is -4.24. The molecule has 0 saturated carbocycles. The summed E-state index contributed by atoms with van der Waals surface area (Å²) >= 11 is 6.34. The van der Waals surface area contributed by atoms with Gasteiger partial charge in [0.2, 0.25) is 0 Å². The maximum atomic E-state index is 13.1. The Kier molecular flexibility index (Phi) is 8.90. The predicted octanol–water partition coefficient (Wildman–Crippen LogP) is 4.51.